The Bertz CT molecular complexity index is 577. The van der Waals surface area contributed by atoms with Crippen LogP contribution in [-0.2, 0) is 11.2 Å². The molecule has 1 aromatic rings. The van der Waals surface area contributed by atoms with E-state index in [-0.39, 0.29) is 5.91 Å². The Balaban J connectivity index is 2.41. The van der Waals surface area contributed by atoms with Gasteiger partial charge in [0.25, 0.3) is 0 Å². The number of primary amides is 1. The van der Waals surface area contributed by atoms with Crippen LogP contribution in [0.4, 0.5) is 10.5 Å². The van der Waals surface area contributed by atoms with E-state index in [1.807, 2.05) is 31.2 Å². The Morgan fingerprint density at radius 1 is 1.12 bits per heavy atom. The number of imide groups is 1. The second-order valence-electron chi connectivity index (χ2n) is 6.91. The van der Waals surface area contributed by atoms with Crippen LogP contribution in [-0.4, -0.2) is 11.9 Å². The van der Waals surface area contributed by atoms with Crippen LogP contribution in [0.25, 0.3) is 0 Å². The van der Waals surface area contributed by atoms with Crippen LogP contribution in [0.2, 0.25) is 0 Å². The van der Waals surface area contributed by atoms with Crippen LogP contribution in [0.1, 0.15) is 70.8 Å². The van der Waals surface area contributed by atoms with Gasteiger partial charge in [0.05, 0.1) is 11.1 Å². The second kappa shape index (κ2) is 8.32. The Hall–Kier alpha value is -1.84. The number of amides is 3. The van der Waals surface area contributed by atoms with E-state index in [4.69, 9.17) is 5.73 Å². The third-order valence-corrected chi connectivity index (χ3v) is 5.31. The number of carbonyl (C=O) groups excluding carboxylic acids is 2. The highest BCUT2D eigenvalue weighted by Gasteiger charge is 2.43. The molecule has 0 aliphatic heterocycles. The van der Waals surface area contributed by atoms with E-state index >= 15 is 0 Å². The van der Waals surface area contributed by atoms with Crippen molar-refractivity contribution in [2.45, 2.75) is 71.6 Å². The number of unbranched alkanes of at least 4 members (excludes halogenated alkanes) is 1. The molecule has 0 bridgehead atoms. The van der Waals surface area contributed by atoms with E-state index in [1.165, 1.54) is 11.3 Å². The summed E-state index contributed by atoms with van der Waals surface area (Å²) in [5.74, 6) is -0.0935. The molecule has 4 nitrogen and oxygen atoms in total. The van der Waals surface area contributed by atoms with Crippen LogP contribution in [0.3, 0.4) is 0 Å². The maximum atomic E-state index is 13.5. The fraction of sp³-hybridized carbons (Fsp3) is 0.600. The van der Waals surface area contributed by atoms with Gasteiger partial charge in [-0.1, -0.05) is 64.2 Å². The number of hydrogen-bond acceptors (Lipinski definition) is 2. The molecule has 2 N–H and O–H groups in total. The molecule has 3 amide bonds. The molecule has 0 radical (unpaired) electrons. The minimum atomic E-state index is -0.664. The van der Waals surface area contributed by atoms with Gasteiger partial charge in [-0.25, -0.2) is 9.69 Å². The van der Waals surface area contributed by atoms with Crippen molar-refractivity contribution in [3.8, 4) is 0 Å². The maximum absolute atomic E-state index is 13.5. The fourth-order valence-corrected chi connectivity index (χ4v) is 3.91. The summed E-state index contributed by atoms with van der Waals surface area (Å²) in [6.45, 7) is 4.16. The van der Waals surface area contributed by atoms with Crippen molar-refractivity contribution < 1.29 is 9.59 Å². The van der Waals surface area contributed by atoms with Gasteiger partial charge in [0.1, 0.15) is 0 Å². The molecule has 1 aliphatic rings. The van der Waals surface area contributed by atoms with Crippen molar-refractivity contribution in [3.05, 3.63) is 29.8 Å². The number of carbonyl (C=O) groups is 2. The zero-order chi connectivity index (χ0) is 17.6. The van der Waals surface area contributed by atoms with E-state index in [2.05, 4.69) is 6.92 Å². The number of urea groups is 1. The summed E-state index contributed by atoms with van der Waals surface area (Å²) in [6, 6.07) is 6.91. The summed E-state index contributed by atoms with van der Waals surface area (Å²) < 4.78 is 0. The summed E-state index contributed by atoms with van der Waals surface area (Å²) in [4.78, 5) is 26.9. The van der Waals surface area contributed by atoms with Crippen LogP contribution in [0.15, 0.2) is 24.3 Å². The van der Waals surface area contributed by atoms with Crippen LogP contribution in [0, 0.1) is 5.41 Å². The maximum Gasteiger partial charge on any atom is 0.326 e. The molecule has 1 aromatic carbocycles. The normalized spacial score (nSPS) is 16.6. The first-order chi connectivity index (χ1) is 11.6. The summed E-state index contributed by atoms with van der Waals surface area (Å²) in [7, 11) is 0. The van der Waals surface area contributed by atoms with Crippen molar-refractivity contribution in [2.75, 3.05) is 4.90 Å². The third-order valence-electron chi connectivity index (χ3n) is 5.31. The highest BCUT2D eigenvalue weighted by atomic mass is 16.2. The van der Waals surface area contributed by atoms with Crippen LogP contribution in [0.5, 0.6) is 0 Å². The Kier molecular flexibility index (Phi) is 6.41. The van der Waals surface area contributed by atoms with E-state index in [0.717, 1.165) is 56.9 Å². The number of benzene rings is 1. The van der Waals surface area contributed by atoms with Gasteiger partial charge in [0.2, 0.25) is 5.91 Å². The number of hydrogen-bond donors (Lipinski definition) is 1. The van der Waals surface area contributed by atoms with Crippen molar-refractivity contribution in [1.82, 2.24) is 0 Å². The average Bonchev–Trinajstić information content (AvgIpc) is 2.61. The molecule has 0 atom stereocenters. The lowest BCUT2D eigenvalue weighted by Crippen LogP contribution is -2.50. The molecule has 1 fully saturated rings. The third kappa shape index (κ3) is 3.80. The number of para-hydroxylation sites is 1. The first-order valence-electron chi connectivity index (χ1n) is 9.27. The van der Waals surface area contributed by atoms with Gasteiger partial charge in [-0.05, 0) is 37.3 Å². The summed E-state index contributed by atoms with van der Waals surface area (Å²) in [5, 5.41) is 0. The molecule has 0 spiro atoms. The molecule has 0 aromatic heterocycles. The van der Waals surface area contributed by atoms with Gasteiger partial charge in [0.15, 0.2) is 0 Å². The van der Waals surface area contributed by atoms with Crippen molar-refractivity contribution in [2.24, 2.45) is 11.1 Å². The lowest BCUT2D eigenvalue weighted by atomic mass is 9.70. The predicted octanol–water partition coefficient (Wildman–Crippen LogP) is 4.80. The van der Waals surface area contributed by atoms with E-state index < -0.39 is 11.4 Å². The monoisotopic (exact) mass is 330 g/mol. The fourth-order valence-electron chi connectivity index (χ4n) is 3.91. The first-order valence-corrected chi connectivity index (χ1v) is 9.27. The number of anilines is 1. The standard InChI is InChI=1S/C20H30N2O2/c1-3-5-13-20(14-9-6-10-15-20)18(23)22(19(21)24)17-12-8-7-11-16(17)4-2/h7-8,11-12H,3-6,9-10,13-15H2,1-2H3,(H2,21,24). The summed E-state index contributed by atoms with van der Waals surface area (Å²) in [5.41, 5.74) is 6.86. The highest BCUT2D eigenvalue weighted by molar-refractivity contribution is 6.16. The van der Waals surface area contributed by atoms with E-state index in [0.29, 0.717) is 5.69 Å². The van der Waals surface area contributed by atoms with Gasteiger partial charge < -0.3 is 5.73 Å². The van der Waals surface area contributed by atoms with Crippen molar-refractivity contribution in [1.29, 1.82) is 0 Å². The summed E-state index contributed by atoms with van der Waals surface area (Å²) in [6.07, 6.45) is 8.67. The van der Waals surface area contributed by atoms with Crippen molar-refractivity contribution in [3.63, 3.8) is 0 Å². The molecule has 24 heavy (non-hydrogen) atoms. The van der Waals surface area contributed by atoms with Crippen LogP contribution < -0.4 is 10.6 Å². The molecular formula is C20H30N2O2. The molecule has 0 heterocycles. The Labute approximate surface area is 145 Å². The SMILES string of the molecule is CCCCC1(C(=O)N(C(N)=O)c2ccccc2CC)CCCCC1. The minimum absolute atomic E-state index is 0.0935. The zero-order valence-electron chi connectivity index (χ0n) is 15.0. The molecule has 2 rings (SSSR count). The van der Waals surface area contributed by atoms with Gasteiger partial charge in [-0.3, -0.25) is 4.79 Å². The molecule has 0 unspecified atom stereocenters. The van der Waals surface area contributed by atoms with Crippen LogP contribution >= 0.6 is 0 Å². The molecule has 1 saturated carbocycles. The zero-order valence-corrected chi connectivity index (χ0v) is 15.0. The topological polar surface area (TPSA) is 63.4 Å². The van der Waals surface area contributed by atoms with E-state index in [1.54, 1.807) is 0 Å². The lowest BCUT2D eigenvalue weighted by molar-refractivity contribution is -0.129. The number of rotatable bonds is 6. The number of nitrogens with zero attached hydrogens (tertiary/aromatic N) is 1. The Morgan fingerprint density at radius 2 is 1.79 bits per heavy atom. The predicted molar refractivity (Wildman–Crippen MR) is 97.9 cm³/mol. The Morgan fingerprint density at radius 3 is 2.38 bits per heavy atom. The minimum Gasteiger partial charge on any atom is -0.351 e. The van der Waals surface area contributed by atoms with Gasteiger partial charge in [0, 0.05) is 0 Å². The largest absolute Gasteiger partial charge is 0.351 e. The van der Waals surface area contributed by atoms with Crippen molar-refractivity contribution >= 4 is 17.6 Å². The summed E-state index contributed by atoms with van der Waals surface area (Å²) >= 11 is 0. The number of aryl methyl sites for hydroxylation is 1. The highest BCUT2D eigenvalue weighted by Crippen LogP contribution is 2.43. The average molecular weight is 330 g/mol. The quantitative estimate of drug-likeness (QED) is 0.814. The smallest absolute Gasteiger partial charge is 0.326 e. The number of nitrogens with two attached hydrogens (primary N) is 1. The second-order valence-corrected chi connectivity index (χ2v) is 6.91. The van der Waals surface area contributed by atoms with Gasteiger partial charge >= 0.3 is 6.03 Å². The first kappa shape index (κ1) is 18.5. The molecule has 0 saturated heterocycles. The van der Waals surface area contributed by atoms with Gasteiger partial charge in [-0.15, -0.1) is 0 Å². The van der Waals surface area contributed by atoms with Gasteiger partial charge in [-0.2, -0.15) is 0 Å². The molecule has 4 heteroatoms. The molecular weight excluding hydrogens is 300 g/mol. The van der Waals surface area contributed by atoms with E-state index in [9.17, 15) is 9.59 Å². The lowest BCUT2D eigenvalue weighted by Gasteiger charge is -2.39. The molecule has 132 valence electrons. The molecule has 1 aliphatic carbocycles.